The normalized spacial score (nSPS) is 17.7. The minimum absolute atomic E-state index is 0.0634. The van der Waals surface area contributed by atoms with Crippen molar-refractivity contribution in [1.29, 1.82) is 0 Å². The van der Waals surface area contributed by atoms with Crippen LogP contribution in [0.5, 0.6) is 5.75 Å². The molecule has 0 N–H and O–H groups in total. The first-order chi connectivity index (χ1) is 17.1. The average Bonchev–Trinajstić information content (AvgIpc) is 3.40. The second-order valence-corrected chi connectivity index (χ2v) is 9.17. The lowest BCUT2D eigenvalue weighted by Gasteiger charge is -2.39. The Morgan fingerprint density at radius 1 is 1.06 bits per heavy atom. The summed E-state index contributed by atoms with van der Waals surface area (Å²) in [6.45, 7) is 2.46. The lowest BCUT2D eigenvalue weighted by atomic mass is 9.90. The number of likely N-dealkylation sites (tertiary alicyclic amines) is 1. The molecule has 0 bridgehead atoms. The smallest absolute Gasteiger partial charge is 0.223 e. The Hall–Kier alpha value is -3.61. The number of para-hydroxylation sites is 1. The topological polar surface area (TPSA) is 67.7 Å². The van der Waals surface area contributed by atoms with Gasteiger partial charge in [0.05, 0.1) is 0 Å². The molecule has 0 spiro atoms. The molecule has 3 aromatic rings. The van der Waals surface area contributed by atoms with E-state index < -0.39 is 0 Å². The number of benzene rings is 2. The molecule has 184 valence electrons. The zero-order chi connectivity index (χ0) is 24.5. The van der Waals surface area contributed by atoms with Gasteiger partial charge in [0.1, 0.15) is 11.9 Å². The van der Waals surface area contributed by atoms with Crippen molar-refractivity contribution in [3.05, 3.63) is 84.7 Å². The second-order valence-electron chi connectivity index (χ2n) is 9.17. The first kappa shape index (κ1) is 24.5. The molecular formula is C28H34N4O3. The molecule has 7 nitrogen and oxygen atoms in total. The van der Waals surface area contributed by atoms with Crippen LogP contribution in [0, 0.1) is 5.92 Å². The van der Waals surface area contributed by atoms with Crippen LogP contribution in [-0.4, -0.2) is 57.6 Å². The molecule has 1 aliphatic heterocycles. The quantitative estimate of drug-likeness (QED) is 0.445. The van der Waals surface area contributed by atoms with E-state index in [0.29, 0.717) is 38.9 Å². The summed E-state index contributed by atoms with van der Waals surface area (Å²) in [6, 6.07) is 21.6. The van der Waals surface area contributed by atoms with Crippen molar-refractivity contribution in [1.82, 2.24) is 19.6 Å². The van der Waals surface area contributed by atoms with Gasteiger partial charge >= 0.3 is 0 Å². The number of piperidine rings is 1. The fourth-order valence-corrected chi connectivity index (χ4v) is 4.57. The molecule has 1 aromatic heterocycles. The molecule has 1 aliphatic rings. The van der Waals surface area contributed by atoms with Crippen molar-refractivity contribution in [3.63, 3.8) is 0 Å². The maximum absolute atomic E-state index is 13.2. The van der Waals surface area contributed by atoms with E-state index in [2.05, 4.69) is 5.10 Å². The van der Waals surface area contributed by atoms with E-state index in [-0.39, 0.29) is 23.8 Å². The van der Waals surface area contributed by atoms with E-state index in [1.165, 1.54) is 0 Å². The molecule has 2 amide bonds. The van der Waals surface area contributed by atoms with E-state index in [9.17, 15) is 9.59 Å². The van der Waals surface area contributed by atoms with E-state index >= 15 is 0 Å². The highest BCUT2D eigenvalue weighted by Gasteiger charge is 2.34. The number of hydrogen-bond acceptors (Lipinski definition) is 4. The third kappa shape index (κ3) is 7.18. The molecule has 2 heterocycles. The molecule has 0 saturated carbocycles. The van der Waals surface area contributed by atoms with Crippen LogP contribution in [0.2, 0.25) is 0 Å². The SMILES string of the molecule is CN(Cc1ccccc1)C(=O)C[C@H]1CN(C(=O)CCCn2cccn2)CC[C@@H]1Oc1ccccc1. The van der Waals surface area contributed by atoms with Crippen LogP contribution in [0.1, 0.15) is 31.2 Å². The highest BCUT2D eigenvalue weighted by Crippen LogP contribution is 2.27. The Labute approximate surface area is 207 Å². The fraction of sp³-hybridized carbons (Fsp3) is 0.393. The number of aryl methyl sites for hydroxylation is 1. The monoisotopic (exact) mass is 474 g/mol. The molecule has 7 heteroatoms. The third-order valence-electron chi connectivity index (χ3n) is 6.51. The number of ether oxygens (including phenoxy) is 1. The van der Waals surface area contributed by atoms with Crippen molar-refractivity contribution in [2.75, 3.05) is 20.1 Å². The lowest BCUT2D eigenvalue weighted by molar-refractivity contribution is -0.139. The minimum Gasteiger partial charge on any atom is -0.490 e. The van der Waals surface area contributed by atoms with Crippen LogP contribution in [0.15, 0.2) is 79.1 Å². The van der Waals surface area contributed by atoms with E-state index in [0.717, 1.165) is 24.3 Å². The largest absolute Gasteiger partial charge is 0.490 e. The molecular weight excluding hydrogens is 440 g/mol. The van der Waals surface area contributed by atoms with Gasteiger partial charge in [-0.15, -0.1) is 0 Å². The summed E-state index contributed by atoms with van der Waals surface area (Å²) in [5.41, 5.74) is 1.10. The highest BCUT2D eigenvalue weighted by molar-refractivity contribution is 5.78. The summed E-state index contributed by atoms with van der Waals surface area (Å²) in [5.74, 6) is 0.926. The van der Waals surface area contributed by atoms with Gasteiger partial charge in [-0.3, -0.25) is 14.3 Å². The first-order valence-corrected chi connectivity index (χ1v) is 12.3. The molecule has 0 radical (unpaired) electrons. The highest BCUT2D eigenvalue weighted by atomic mass is 16.5. The van der Waals surface area contributed by atoms with E-state index in [1.807, 2.05) is 89.6 Å². The molecule has 2 atom stereocenters. The number of carbonyl (C=O) groups excluding carboxylic acids is 2. The Balaban J connectivity index is 1.37. The van der Waals surface area contributed by atoms with Gasteiger partial charge in [-0.05, 0) is 30.2 Å². The van der Waals surface area contributed by atoms with Gasteiger partial charge in [0.15, 0.2) is 0 Å². The molecule has 35 heavy (non-hydrogen) atoms. The number of hydrogen-bond donors (Lipinski definition) is 0. The van der Waals surface area contributed by atoms with Crippen molar-refractivity contribution < 1.29 is 14.3 Å². The maximum Gasteiger partial charge on any atom is 0.223 e. The first-order valence-electron chi connectivity index (χ1n) is 12.3. The van der Waals surface area contributed by atoms with Gasteiger partial charge < -0.3 is 14.5 Å². The Morgan fingerprint density at radius 3 is 2.51 bits per heavy atom. The van der Waals surface area contributed by atoms with Crippen LogP contribution < -0.4 is 4.74 Å². The van der Waals surface area contributed by atoms with Crippen molar-refractivity contribution in [3.8, 4) is 5.75 Å². The van der Waals surface area contributed by atoms with Gasteiger partial charge in [0.25, 0.3) is 0 Å². The summed E-state index contributed by atoms with van der Waals surface area (Å²) in [7, 11) is 1.84. The number of rotatable bonds is 10. The Bertz CT molecular complexity index is 1060. The van der Waals surface area contributed by atoms with Crippen LogP contribution >= 0.6 is 0 Å². The summed E-state index contributed by atoms with van der Waals surface area (Å²) in [5, 5.41) is 4.20. The maximum atomic E-state index is 13.2. The molecule has 2 aromatic carbocycles. The van der Waals surface area contributed by atoms with Crippen LogP contribution in [0.3, 0.4) is 0 Å². The van der Waals surface area contributed by atoms with Gasteiger partial charge in [0, 0.05) is 70.8 Å². The van der Waals surface area contributed by atoms with Gasteiger partial charge in [-0.25, -0.2) is 0 Å². The summed E-state index contributed by atoms with van der Waals surface area (Å²) in [6.07, 6.45) is 5.81. The van der Waals surface area contributed by atoms with E-state index in [4.69, 9.17) is 4.74 Å². The van der Waals surface area contributed by atoms with Crippen molar-refractivity contribution >= 4 is 11.8 Å². The van der Waals surface area contributed by atoms with Crippen molar-refractivity contribution in [2.45, 2.75) is 44.9 Å². The summed E-state index contributed by atoms with van der Waals surface area (Å²) in [4.78, 5) is 29.8. The molecule has 0 aliphatic carbocycles. The predicted molar refractivity (Wildman–Crippen MR) is 135 cm³/mol. The lowest BCUT2D eigenvalue weighted by Crippen LogP contribution is -2.49. The van der Waals surface area contributed by atoms with Crippen molar-refractivity contribution in [2.24, 2.45) is 5.92 Å². The number of carbonyl (C=O) groups is 2. The molecule has 1 saturated heterocycles. The zero-order valence-electron chi connectivity index (χ0n) is 20.3. The van der Waals surface area contributed by atoms with Crippen LogP contribution in [0.4, 0.5) is 0 Å². The van der Waals surface area contributed by atoms with Gasteiger partial charge in [-0.1, -0.05) is 48.5 Å². The summed E-state index contributed by atoms with van der Waals surface area (Å²) < 4.78 is 8.15. The number of amides is 2. The Kier molecular flexibility index (Phi) is 8.54. The number of aromatic nitrogens is 2. The molecule has 1 fully saturated rings. The minimum atomic E-state index is -0.111. The van der Waals surface area contributed by atoms with Crippen LogP contribution in [0.25, 0.3) is 0 Å². The van der Waals surface area contributed by atoms with E-state index in [1.54, 1.807) is 11.1 Å². The Morgan fingerprint density at radius 2 is 1.80 bits per heavy atom. The fourth-order valence-electron chi connectivity index (χ4n) is 4.57. The average molecular weight is 475 g/mol. The van der Waals surface area contributed by atoms with Crippen LogP contribution in [-0.2, 0) is 22.7 Å². The number of nitrogens with zero attached hydrogens (tertiary/aromatic N) is 4. The second kappa shape index (κ2) is 12.2. The van der Waals surface area contributed by atoms with Gasteiger partial charge in [-0.2, -0.15) is 5.10 Å². The zero-order valence-corrected chi connectivity index (χ0v) is 20.3. The molecule has 4 rings (SSSR count). The summed E-state index contributed by atoms with van der Waals surface area (Å²) >= 11 is 0. The molecule has 0 unspecified atom stereocenters. The third-order valence-corrected chi connectivity index (χ3v) is 6.51. The standard InChI is InChI=1S/C28H34N4O3/c1-30(21-23-10-4-2-5-11-23)28(34)20-24-22-31(27(33)14-8-17-32-18-9-16-29-32)19-15-26(24)35-25-12-6-3-7-13-25/h2-7,9-13,16,18,24,26H,8,14-15,17,19-22H2,1H3/t24-,26-/m0/s1. The predicted octanol–water partition coefficient (Wildman–Crippen LogP) is 4.01. The van der Waals surface area contributed by atoms with Gasteiger partial charge in [0.2, 0.25) is 11.8 Å².